The molecule has 0 saturated heterocycles. The fraction of sp³-hybridized carbons (Fsp3) is 0. The van der Waals surface area contributed by atoms with Crippen molar-refractivity contribution in [3.63, 3.8) is 0 Å². The predicted molar refractivity (Wildman–Crippen MR) is 39.5 cm³/mol. The van der Waals surface area contributed by atoms with Gasteiger partial charge in [0.1, 0.15) is 0 Å². The van der Waals surface area contributed by atoms with E-state index in [4.69, 9.17) is 0 Å². The fourth-order valence-electron chi connectivity index (χ4n) is 0.373. The molecular formula is C6H2Br2. The van der Waals surface area contributed by atoms with Gasteiger partial charge in [-0.2, -0.15) is 0 Å². The third-order valence-corrected chi connectivity index (χ3v) is 1.55. The zero-order chi connectivity index (χ0) is 5.98. The van der Waals surface area contributed by atoms with Crippen LogP contribution < -0.4 is 0 Å². The maximum absolute atomic E-state index is 3.28. The molecule has 0 aliphatic heterocycles. The Morgan fingerprint density at radius 1 is 1.38 bits per heavy atom. The Kier molecular flexibility index (Phi) is 2.08. The summed E-state index contributed by atoms with van der Waals surface area (Å²) in [5.41, 5.74) is 0. The molecule has 1 aromatic rings. The molecule has 1 rings (SSSR count). The van der Waals surface area contributed by atoms with E-state index >= 15 is 0 Å². The van der Waals surface area contributed by atoms with E-state index in [1.165, 1.54) is 0 Å². The number of hydrogen-bond acceptors (Lipinski definition) is 0. The summed E-state index contributed by atoms with van der Waals surface area (Å²) in [4.78, 5) is 0. The van der Waals surface area contributed by atoms with Gasteiger partial charge in [-0.05, 0) is 18.2 Å². The summed E-state index contributed by atoms with van der Waals surface area (Å²) in [7, 11) is 0. The standard InChI is InChI=1S/C6H2Br2/c7-5-2-1-3-6(8)4-5/h2,4H. The van der Waals surface area contributed by atoms with E-state index in [1.807, 2.05) is 12.1 Å². The molecule has 1 aromatic carbocycles. The Labute approximate surface area is 65.2 Å². The molecule has 0 aliphatic rings. The van der Waals surface area contributed by atoms with Crippen molar-refractivity contribution in [3.8, 4) is 0 Å². The average Bonchev–Trinajstić information content (AvgIpc) is 1.64. The highest BCUT2D eigenvalue weighted by atomic mass is 79.9. The van der Waals surface area contributed by atoms with Gasteiger partial charge in [0, 0.05) is 15.0 Å². The highest BCUT2D eigenvalue weighted by molar-refractivity contribution is 9.11. The molecule has 0 N–H and O–H groups in total. The van der Waals surface area contributed by atoms with Crippen LogP contribution >= 0.6 is 31.9 Å². The second kappa shape index (κ2) is 2.65. The largest absolute Gasteiger partial charge is 0.0508 e. The van der Waals surface area contributed by atoms with Crippen LogP contribution in [0.3, 0.4) is 0 Å². The first-order chi connectivity index (χ1) is 3.79. The molecule has 0 heterocycles. The van der Waals surface area contributed by atoms with Gasteiger partial charge in [-0.25, -0.2) is 0 Å². The SMILES string of the molecule is Brc1[c][c]cc(Br)c1. The van der Waals surface area contributed by atoms with E-state index in [0.29, 0.717) is 0 Å². The van der Waals surface area contributed by atoms with Crippen LogP contribution in [0.1, 0.15) is 0 Å². The summed E-state index contributed by atoms with van der Waals surface area (Å²) in [6.45, 7) is 0. The van der Waals surface area contributed by atoms with Crippen molar-refractivity contribution in [2.45, 2.75) is 0 Å². The number of hydrogen-bond donors (Lipinski definition) is 0. The van der Waals surface area contributed by atoms with Crippen molar-refractivity contribution in [1.29, 1.82) is 0 Å². The lowest BCUT2D eigenvalue weighted by molar-refractivity contribution is 1.57. The highest BCUT2D eigenvalue weighted by Gasteiger charge is 1.85. The summed E-state index contributed by atoms with van der Waals surface area (Å²) in [5.74, 6) is 0. The first kappa shape index (κ1) is 6.30. The van der Waals surface area contributed by atoms with Gasteiger partial charge in [0.2, 0.25) is 0 Å². The Balaban J connectivity index is 3.08. The molecular weight excluding hydrogens is 232 g/mol. The van der Waals surface area contributed by atoms with Crippen molar-refractivity contribution in [1.82, 2.24) is 0 Å². The van der Waals surface area contributed by atoms with Crippen LogP contribution in [0.25, 0.3) is 0 Å². The Morgan fingerprint density at radius 2 is 2.12 bits per heavy atom. The molecule has 0 aromatic heterocycles. The fourth-order valence-corrected chi connectivity index (χ4v) is 1.38. The number of halogens is 2. The number of benzene rings is 1. The monoisotopic (exact) mass is 232 g/mol. The molecule has 0 bridgehead atoms. The van der Waals surface area contributed by atoms with Crippen LogP contribution in [-0.2, 0) is 0 Å². The number of rotatable bonds is 0. The first-order valence-electron chi connectivity index (χ1n) is 2.03. The van der Waals surface area contributed by atoms with E-state index < -0.39 is 0 Å². The lowest BCUT2D eigenvalue weighted by atomic mass is 10.4. The van der Waals surface area contributed by atoms with Crippen LogP contribution in [0.5, 0.6) is 0 Å². The van der Waals surface area contributed by atoms with E-state index in [9.17, 15) is 0 Å². The van der Waals surface area contributed by atoms with E-state index in [-0.39, 0.29) is 0 Å². The summed E-state index contributed by atoms with van der Waals surface area (Å²) >= 11 is 6.53. The molecule has 0 nitrogen and oxygen atoms in total. The summed E-state index contributed by atoms with van der Waals surface area (Å²) in [6.07, 6.45) is 0. The average molecular weight is 234 g/mol. The molecule has 2 radical (unpaired) electrons. The van der Waals surface area contributed by atoms with Crippen molar-refractivity contribution in [2.24, 2.45) is 0 Å². The summed E-state index contributed by atoms with van der Waals surface area (Å²) in [6, 6.07) is 9.37. The molecule has 0 aliphatic carbocycles. The van der Waals surface area contributed by atoms with Crippen molar-refractivity contribution in [3.05, 3.63) is 33.2 Å². The maximum atomic E-state index is 3.28. The minimum absolute atomic E-state index is 0.923. The minimum atomic E-state index is 0.923. The van der Waals surface area contributed by atoms with Gasteiger partial charge in [0.05, 0.1) is 0 Å². The Hall–Kier alpha value is 0.180. The third kappa shape index (κ3) is 1.60. The van der Waals surface area contributed by atoms with Crippen LogP contribution in [-0.4, -0.2) is 0 Å². The summed E-state index contributed by atoms with van der Waals surface area (Å²) < 4.78 is 1.94. The van der Waals surface area contributed by atoms with Gasteiger partial charge in [-0.1, -0.05) is 31.9 Å². The van der Waals surface area contributed by atoms with Crippen molar-refractivity contribution < 1.29 is 0 Å². The lowest BCUT2D eigenvalue weighted by Gasteiger charge is -1.86. The normalized spacial score (nSPS) is 9.25. The van der Waals surface area contributed by atoms with E-state index in [2.05, 4.69) is 44.0 Å². The van der Waals surface area contributed by atoms with Gasteiger partial charge in [-0.3, -0.25) is 0 Å². The van der Waals surface area contributed by atoms with Crippen molar-refractivity contribution in [2.75, 3.05) is 0 Å². The molecule has 0 saturated carbocycles. The summed E-state index contributed by atoms with van der Waals surface area (Å²) in [5, 5.41) is 0. The van der Waals surface area contributed by atoms with Crippen molar-refractivity contribution >= 4 is 31.9 Å². The predicted octanol–water partition coefficient (Wildman–Crippen LogP) is 2.81. The minimum Gasteiger partial charge on any atom is -0.0508 e. The van der Waals surface area contributed by atoms with Gasteiger partial charge in [-0.15, -0.1) is 0 Å². The van der Waals surface area contributed by atoms with Gasteiger partial charge >= 0.3 is 0 Å². The Bertz CT molecular complexity index is 166. The topological polar surface area (TPSA) is 0 Å². The van der Waals surface area contributed by atoms with Gasteiger partial charge in [0.15, 0.2) is 0 Å². The quantitative estimate of drug-likeness (QED) is 0.647. The zero-order valence-corrected chi connectivity index (χ0v) is 7.08. The molecule has 8 heavy (non-hydrogen) atoms. The second-order valence-electron chi connectivity index (χ2n) is 1.29. The molecule has 40 valence electrons. The van der Waals surface area contributed by atoms with E-state index in [0.717, 1.165) is 8.95 Å². The smallest absolute Gasteiger partial charge is 0.0271 e. The molecule has 0 fully saturated rings. The molecule has 0 spiro atoms. The maximum Gasteiger partial charge on any atom is 0.0271 e. The zero-order valence-electron chi connectivity index (χ0n) is 3.91. The highest BCUT2D eigenvalue weighted by Crippen LogP contribution is 2.14. The first-order valence-corrected chi connectivity index (χ1v) is 3.62. The van der Waals surface area contributed by atoms with Gasteiger partial charge < -0.3 is 0 Å². The molecule has 0 atom stereocenters. The van der Waals surface area contributed by atoms with Crippen LogP contribution in [0.2, 0.25) is 0 Å². The molecule has 0 unspecified atom stereocenters. The van der Waals surface area contributed by atoms with Crippen LogP contribution in [0.15, 0.2) is 21.1 Å². The van der Waals surface area contributed by atoms with Crippen LogP contribution in [0, 0.1) is 12.1 Å². The Morgan fingerprint density at radius 3 is 2.50 bits per heavy atom. The lowest BCUT2D eigenvalue weighted by Crippen LogP contribution is -1.63. The van der Waals surface area contributed by atoms with Gasteiger partial charge in [0.25, 0.3) is 0 Å². The van der Waals surface area contributed by atoms with Crippen LogP contribution in [0.4, 0.5) is 0 Å². The molecule has 2 heteroatoms. The van der Waals surface area contributed by atoms with E-state index in [1.54, 1.807) is 0 Å². The third-order valence-electron chi connectivity index (χ3n) is 0.666. The molecule has 0 amide bonds. The second-order valence-corrected chi connectivity index (χ2v) is 3.06.